The zero-order valence-electron chi connectivity index (χ0n) is 16.5. The van der Waals surface area contributed by atoms with Crippen LogP contribution in [0.2, 0.25) is 0 Å². The van der Waals surface area contributed by atoms with Gasteiger partial charge in [-0.3, -0.25) is 4.99 Å². The first kappa shape index (κ1) is 26.4. The Kier molecular flexibility index (Phi) is 10.1. The molecule has 1 aromatic heterocycles. The largest absolute Gasteiger partial charge is 0.511 e. The van der Waals surface area contributed by atoms with Crippen LogP contribution in [0.3, 0.4) is 0 Å². The highest BCUT2D eigenvalue weighted by molar-refractivity contribution is 14.0. The Balaban J connectivity index is 0.00000420. The summed E-state index contributed by atoms with van der Waals surface area (Å²) in [7, 11) is -3.60. The maximum absolute atomic E-state index is 12.6. The number of guanidine groups is 1. The number of thiazole rings is 1. The van der Waals surface area contributed by atoms with Gasteiger partial charge in [0, 0.05) is 32.1 Å². The number of halogens is 4. The van der Waals surface area contributed by atoms with E-state index in [2.05, 4.69) is 34.5 Å². The molecular formula is C16H27F3IN5O2S2. The monoisotopic (exact) mass is 569 g/mol. The second kappa shape index (κ2) is 11.1. The number of nitrogens with one attached hydrogen (secondary N) is 2. The molecular weight excluding hydrogens is 542 g/mol. The molecule has 0 aromatic carbocycles. The van der Waals surface area contributed by atoms with Gasteiger partial charge in [-0.1, -0.05) is 13.8 Å². The highest BCUT2D eigenvalue weighted by Gasteiger charge is 2.50. The van der Waals surface area contributed by atoms with Crippen LogP contribution in [0, 0.1) is 5.92 Å². The van der Waals surface area contributed by atoms with Crippen LogP contribution >= 0.6 is 35.3 Å². The molecule has 0 unspecified atom stereocenters. The van der Waals surface area contributed by atoms with Crippen molar-refractivity contribution in [2.45, 2.75) is 44.7 Å². The van der Waals surface area contributed by atoms with E-state index < -0.39 is 15.5 Å². The number of hydrogen-bond donors (Lipinski definition) is 2. The second-order valence-electron chi connectivity index (χ2n) is 6.92. The van der Waals surface area contributed by atoms with Crippen molar-refractivity contribution < 1.29 is 21.6 Å². The van der Waals surface area contributed by atoms with E-state index in [-0.39, 0.29) is 43.0 Å². The van der Waals surface area contributed by atoms with Gasteiger partial charge >= 0.3 is 15.5 Å². The average Bonchev–Trinajstić information content (AvgIpc) is 3.10. The normalized spacial score (nSPS) is 17.3. The minimum absolute atomic E-state index is 0. The number of sulfonamides is 1. The van der Waals surface area contributed by atoms with E-state index in [1.807, 2.05) is 5.38 Å². The number of nitrogens with zero attached hydrogens (tertiary/aromatic N) is 3. The van der Waals surface area contributed by atoms with Gasteiger partial charge in [0.2, 0.25) is 0 Å². The van der Waals surface area contributed by atoms with E-state index in [1.165, 1.54) is 0 Å². The molecule has 1 aliphatic rings. The predicted molar refractivity (Wildman–Crippen MR) is 119 cm³/mol. The summed E-state index contributed by atoms with van der Waals surface area (Å²) in [6.07, 6.45) is 0.729. The van der Waals surface area contributed by atoms with Crippen molar-refractivity contribution in [2.24, 2.45) is 10.9 Å². The van der Waals surface area contributed by atoms with Gasteiger partial charge in [-0.2, -0.15) is 17.5 Å². The minimum Gasteiger partial charge on any atom is -0.356 e. The molecule has 0 atom stereocenters. The van der Waals surface area contributed by atoms with Crippen molar-refractivity contribution in [1.82, 2.24) is 19.9 Å². The lowest BCUT2D eigenvalue weighted by Crippen LogP contribution is -2.47. The number of rotatable bonds is 6. The van der Waals surface area contributed by atoms with E-state index in [0.29, 0.717) is 42.1 Å². The van der Waals surface area contributed by atoms with E-state index in [0.717, 1.165) is 10.7 Å². The summed E-state index contributed by atoms with van der Waals surface area (Å²) >= 11 is 1.57. The Morgan fingerprint density at radius 1 is 1.34 bits per heavy atom. The lowest BCUT2D eigenvalue weighted by atomic mass is 9.98. The maximum atomic E-state index is 12.6. The molecule has 0 aliphatic carbocycles. The van der Waals surface area contributed by atoms with E-state index in [9.17, 15) is 21.6 Å². The molecule has 168 valence electrons. The molecule has 2 N–H and O–H groups in total. The lowest BCUT2D eigenvalue weighted by Gasteiger charge is -2.31. The molecule has 2 heterocycles. The van der Waals surface area contributed by atoms with Crippen LogP contribution in [-0.4, -0.2) is 55.9 Å². The van der Waals surface area contributed by atoms with Crippen molar-refractivity contribution in [3.63, 3.8) is 0 Å². The molecule has 1 fully saturated rings. The molecule has 1 aromatic rings. The summed E-state index contributed by atoms with van der Waals surface area (Å²) < 4.78 is 61.2. The van der Waals surface area contributed by atoms with E-state index in [1.54, 1.807) is 18.4 Å². The number of aromatic nitrogens is 1. The molecule has 0 saturated carbocycles. The van der Waals surface area contributed by atoms with Crippen LogP contribution in [0.5, 0.6) is 0 Å². The molecule has 2 rings (SSSR count). The summed E-state index contributed by atoms with van der Waals surface area (Å²) in [5, 5.41) is 9.28. The smallest absolute Gasteiger partial charge is 0.356 e. The molecule has 29 heavy (non-hydrogen) atoms. The van der Waals surface area contributed by atoms with Crippen LogP contribution in [-0.2, 0) is 16.6 Å². The number of hydrogen-bond acceptors (Lipinski definition) is 5. The van der Waals surface area contributed by atoms with Gasteiger partial charge in [0.15, 0.2) is 5.96 Å². The third-order valence-corrected chi connectivity index (χ3v) is 7.05. The van der Waals surface area contributed by atoms with E-state index in [4.69, 9.17) is 0 Å². The summed E-state index contributed by atoms with van der Waals surface area (Å²) in [5.41, 5.74) is -4.19. The molecule has 7 nitrogen and oxygen atoms in total. The Morgan fingerprint density at radius 2 is 1.97 bits per heavy atom. The van der Waals surface area contributed by atoms with Gasteiger partial charge in [0.05, 0.1) is 12.2 Å². The topological polar surface area (TPSA) is 86.7 Å². The van der Waals surface area contributed by atoms with Crippen molar-refractivity contribution in [2.75, 3.05) is 26.7 Å². The van der Waals surface area contributed by atoms with Gasteiger partial charge in [-0.25, -0.2) is 13.4 Å². The maximum Gasteiger partial charge on any atom is 0.511 e. The molecule has 1 aliphatic heterocycles. The Bertz CT molecular complexity index is 776. The van der Waals surface area contributed by atoms with Crippen LogP contribution in [0.4, 0.5) is 13.2 Å². The van der Waals surface area contributed by atoms with Crippen LogP contribution < -0.4 is 10.6 Å². The fourth-order valence-corrected chi connectivity index (χ4v) is 4.67. The van der Waals surface area contributed by atoms with Crippen LogP contribution in [0.25, 0.3) is 0 Å². The van der Waals surface area contributed by atoms with Gasteiger partial charge in [-0.15, -0.1) is 35.3 Å². The van der Waals surface area contributed by atoms with Crippen molar-refractivity contribution in [3.8, 4) is 0 Å². The summed E-state index contributed by atoms with van der Waals surface area (Å²) in [5.74, 6) is 1.02. The molecule has 13 heteroatoms. The Morgan fingerprint density at radius 3 is 2.45 bits per heavy atom. The first-order valence-corrected chi connectivity index (χ1v) is 11.3. The fraction of sp³-hybridized carbons (Fsp3) is 0.750. The Hall–Kier alpha value is -0.670. The van der Waals surface area contributed by atoms with Crippen molar-refractivity contribution in [3.05, 3.63) is 16.1 Å². The average molecular weight is 569 g/mol. The van der Waals surface area contributed by atoms with Gasteiger partial charge in [-0.05, 0) is 24.7 Å². The molecule has 0 bridgehead atoms. The zero-order chi connectivity index (χ0) is 20.9. The molecule has 0 amide bonds. The van der Waals surface area contributed by atoms with Gasteiger partial charge in [0.1, 0.15) is 5.01 Å². The fourth-order valence-electron chi connectivity index (χ4n) is 2.79. The zero-order valence-corrected chi connectivity index (χ0v) is 20.5. The SMILES string of the molecule is CN=C(NCc1nc(C(C)C)cs1)NCC1CCN(S(=O)(=O)C(F)(F)F)CC1.I. The third kappa shape index (κ3) is 7.21. The standard InChI is InChI=1S/C16H26F3N5O2S2.HI/c1-11(2)13-10-27-14(23-13)9-22-15(20-3)21-8-12-4-6-24(7-5-12)28(25,26)16(17,18)19;/h10-12H,4-9H2,1-3H3,(H2,20,21,22);1H. The quantitative estimate of drug-likeness (QED) is 0.313. The predicted octanol–water partition coefficient (Wildman–Crippen LogP) is 3.11. The third-order valence-electron chi connectivity index (χ3n) is 4.56. The highest BCUT2D eigenvalue weighted by Crippen LogP contribution is 2.30. The summed E-state index contributed by atoms with van der Waals surface area (Å²) in [6, 6.07) is 0. The van der Waals surface area contributed by atoms with Crippen molar-refractivity contribution in [1.29, 1.82) is 0 Å². The Labute approximate surface area is 190 Å². The van der Waals surface area contributed by atoms with E-state index >= 15 is 0 Å². The van der Waals surface area contributed by atoms with Crippen LogP contribution in [0.1, 0.15) is 43.3 Å². The summed E-state index contributed by atoms with van der Waals surface area (Å²) in [4.78, 5) is 8.67. The highest BCUT2D eigenvalue weighted by atomic mass is 127. The number of aliphatic imine (C=N–C) groups is 1. The number of piperidine rings is 1. The minimum atomic E-state index is -5.24. The molecule has 0 spiro atoms. The first-order chi connectivity index (χ1) is 13.0. The van der Waals surface area contributed by atoms with Gasteiger partial charge < -0.3 is 10.6 Å². The second-order valence-corrected chi connectivity index (χ2v) is 9.79. The molecule has 1 saturated heterocycles. The lowest BCUT2D eigenvalue weighted by molar-refractivity contribution is -0.0496. The van der Waals surface area contributed by atoms with Gasteiger partial charge in [0.25, 0.3) is 0 Å². The van der Waals surface area contributed by atoms with Crippen LogP contribution in [0.15, 0.2) is 10.4 Å². The van der Waals surface area contributed by atoms with Crippen molar-refractivity contribution >= 4 is 51.3 Å². The molecule has 0 radical (unpaired) electrons. The number of alkyl halides is 3. The summed E-state index contributed by atoms with van der Waals surface area (Å²) in [6.45, 7) is 4.94. The first-order valence-electron chi connectivity index (χ1n) is 8.99.